The van der Waals surface area contributed by atoms with Gasteiger partial charge in [-0.2, -0.15) is 0 Å². The van der Waals surface area contributed by atoms with E-state index in [9.17, 15) is 0 Å². The quantitative estimate of drug-likeness (QED) is 0.869. The molecule has 0 spiro atoms. The molecule has 2 aromatic rings. The van der Waals surface area contributed by atoms with Crippen LogP contribution in [0.25, 0.3) is 0 Å². The number of hydrogen-bond donors (Lipinski definition) is 1. The lowest BCUT2D eigenvalue weighted by atomic mass is 10.0. The smallest absolute Gasteiger partial charge is 0.0935 e. The molecule has 1 atom stereocenters. The van der Waals surface area contributed by atoms with Crippen LogP contribution in [0.4, 0.5) is 0 Å². The van der Waals surface area contributed by atoms with Gasteiger partial charge in [0.2, 0.25) is 0 Å². The molecule has 4 heteroatoms. The largest absolute Gasteiger partial charge is 0.472 e. The van der Waals surface area contributed by atoms with E-state index in [-0.39, 0.29) is 6.04 Å². The highest BCUT2D eigenvalue weighted by Crippen LogP contribution is 2.22. The Kier molecular flexibility index (Phi) is 3.04. The van der Waals surface area contributed by atoms with Gasteiger partial charge >= 0.3 is 0 Å². The fraction of sp³-hybridized carbons (Fsp3) is 0.182. The highest BCUT2D eigenvalue weighted by atomic mass is 35.5. The van der Waals surface area contributed by atoms with Gasteiger partial charge < -0.3 is 10.2 Å². The Morgan fingerprint density at radius 1 is 1.47 bits per heavy atom. The monoisotopic (exact) mass is 222 g/mol. The highest BCUT2D eigenvalue weighted by molar-refractivity contribution is 6.31. The van der Waals surface area contributed by atoms with E-state index in [1.165, 1.54) is 0 Å². The molecule has 1 unspecified atom stereocenters. The van der Waals surface area contributed by atoms with Gasteiger partial charge in [-0.05, 0) is 29.7 Å². The zero-order chi connectivity index (χ0) is 10.7. The maximum atomic E-state index is 6.03. The molecule has 3 nitrogen and oxygen atoms in total. The van der Waals surface area contributed by atoms with E-state index >= 15 is 0 Å². The second kappa shape index (κ2) is 4.47. The first-order chi connectivity index (χ1) is 7.27. The second-order valence-electron chi connectivity index (χ2n) is 3.34. The minimum Gasteiger partial charge on any atom is -0.472 e. The number of pyridine rings is 1. The van der Waals surface area contributed by atoms with Crippen molar-refractivity contribution in [3.05, 3.63) is 53.2 Å². The van der Waals surface area contributed by atoms with Crippen molar-refractivity contribution >= 4 is 11.6 Å². The summed E-state index contributed by atoms with van der Waals surface area (Å²) >= 11 is 5.99. The molecule has 2 N–H and O–H groups in total. The molecule has 0 aliphatic rings. The molecule has 2 aromatic heterocycles. The molecule has 0 saturated heterocycles. The predicted molar refractivity (Wildman–Crippen MR) is 58.6 cm³/mol. The molecule has 78 valence electrons. The number of nitrogens with zero attached hydrogens (tertiary/aromatic N) is 1. The van der Waals surface area contributed by atoms with Gasteiger partial charge in [-0.3, -0.25) is 4.98 Å². The summed E-state index contributed by atoms with van der Waals surface area (Å²) in [6.07, 6.45) is 7.33. The van der Waals surface area contributed by atoms with Gasteiger partial charge in [-0.1, -0.05) is 11.6 Å². The third-order valence-corrected chi connectivity index (χ3v) is 2.55. The Balaban J connectivity index is 2.15. The van der Waals surface area contributed by atoms with Crippen LogP contribution in [0.2, 0.25) is 5.02 Å². The van der Waals surface area contributed by atoms with Gasteiger partial charge in [0.1, 0.15) is 0 Å². The van der Waals surface area contributed by atoms with E-state index in [4.69, 9.17) is 21.8 Å². The Morgan fingerprint density at radius 2 is 2.33 bits per heavy atom. The summed E-state index contributed by atoms with van der Waals surface area (Å²) in [6.45, 7) is 0. The zero-order valence-corrected chi connectivity index (χ0v) is 8.82. The Labute approximate surface area is 92.9 Å². The summed E-state index contributed by atoms with van der Waals surface area (Å²) in [4.78, 5) is 3.92. The molecule has 0 amide bonds. The summed E-state index contributed by atoms with van der Waals surface area (Å²) in [7, 11) is 0. The number of halogens is 1. The van der Waals surface area contributed by atoms with E-state index in [1.807, 2.05) is 12.1 Å². The third kappa shape index (κ3) is 2.37. The number of aromatic nitrogens is 1. The fourth-order valence-electron chi connectivity index (χ4n) is 1.46. The van der Waals surface area contributed by atoms with Crippen molar-refractivity contribution in [1.29, 1.82) is 0 Å². The molecule has 15 heavy (non-hydrogen) atoms. The van der Waals surface area contributed by atoms with Gasteiger partial charge in [-0.25, -0.2) is 0 Å². The van der Waals surface area contributed by atoms with E-state index in [0.717, 1.165) is 11.1 Å². The maximum Gasteiger partial charge on any atom is 0.0935 e. The van der Waals surface area contributed by atoms with E-state index in [0.29, 0.717) is 11.4 Å². The Hall–Kier alpha value is -1.32. The van der Waals surface area contributed by atoms with Crippen LogP contribution >= 0.6 is 11.6 Å². The van der Waals surface area contributed by atoms with Crippen molar-refractivity contribution in [2.75, 3.05) is 0 Å². The molecular weight excluding hydrogens is 212 g/mol. The van der Waals surface area contributed by atoms with E-state index < -0.39 is 0 Å². The Morgan fingerprint density at radius 3 is 3.00 bits per heavy atom. The van der Waals surface area contributed by atoms with Crippen molar-refractivity contribution in [1.82, 2.24) is 4.98 Å². The first-order valence-electron chi connectivity index (χ1n) is 4.63. The molecule has 0 aromatic carbocycles. The third-order valence-electron chi connectivity index (χ3n) is 2.24. The molecule has 0 bridgehead atoms. The lowest BCUT2D eigenvalue weighted by molar-refractivity contribution is 0.561. The highest BCUT2D eigenvalue weighted by Gasteiger charge is 2.11. The molecular formula is C11H11ClN2O. The molecule has 0 radical (unpaired) electrons. The minimum absolute atomic E-state index is 0.127. The maximum absolute atomic E-state index is 6.03. The van der Waals surface area contributed by atoms with Crippen LogP contribution in [-0.4, -0.2) is 4.98 Å². The van der Waals surface area contributed by atoms with Crippen LogP contribution in [0.15, 0.2) is 41.5 Å². The molecule has 0 saturated carbocycles. The second-order valence-corrected chi connectivity index (χ2v) is 3.75. The van der Waals surface area contributed by atoms with E-state index in [2.05, 4.69) is 4.98 Å². The van der Waals surface area contributed by atoms with Gasteiger partial charge in [0, 0.05) is 18.4 Å². The van der Waals surface area contributed by atoms with Gasteiger partial charge in [-0.15, -0.1) is 0 Å². The first-order valence-corrected chi connectivity index (χ1v) is 5.01. The van der Waals surface area contributed by atoms with Crippen molar-refractivity contribution in [3.63, 3.8) is 0 Å². The number of rotatable bonds is 3. The van der Waals surface area contributed by atoms with Crippen molar-refractivity contribution in [2.24, 2.45) is 5.73 Å². The average molecular weight is 223 g/mol. The van der Waals surface area contributed by atoms with Crippen molar-refractivity contribution < 1.29 is 4.42 Å². The summed E-state index contributed by atoms with van der Waals surface area (Å²) in [5.74, 6) is 0. The average Bonchev–Trinajstić information content (AvgIpc) is 2.71. The number of furan rings is 1. The van der Waals surface area contributed by atoms with Crippen LogP contribution in [0, 0.1) is 0 Å². The molecule has 2 rings (SSSR count). The molecule has 0 aliphatic carbocycles. The van der Waals surface area contributed by atoms with Gasteiger partial charge in [0.25, 0.3) is 0 Å². The SMILES string of the molecule is NC(Cc1ccoc1)c1ccncc1Cl. The van der Waals surface area contributed by atoms with Crippen LogP contribution in [-0.2, 0) is 6.42 Å². The summed E-state index contributed by atoms with van der Waals surface area (Å²) in [6, 6.07) is 3.61. The van der Waals surface area contributed by atoms with Crippen LogP contribution in [0.3, 0.4) is 0 Å². The lowest BCUT2D eigenvalue weighted by Gasteiger charge is -2.11. The predicted octanol–water partition coefficient (Wildman–Crippen LogP) is 2.57. The van der Waals surface area contributed by atoms with Crippen LogP contribution in [0.1, 0.15) is 17.2 Å². The molecule has 0 aliphatic heterocycles. The first kappa shape index (κ1) is 10.2. The minimum atomic E-state index is -0.127. The summed E-state index contributed by atoms with van der Waals surface area (Å²) in [5, 5.41) is 0.605. The van der Waals surface area contributed by atoms with Gasteiger partial charge in [0.05, 0.1) is 17.5 Å². The van der Waals surface area contributed by atoms with Crippen LogP contribution in [0.5, 0.6) is 0 Å². The zero-order valence-electron chi connectivity index (χ0n) is 8.06. The van der Waals surface area contributed by atoms with Crippen LogP contribution < -0.4 is 5.73 Å². The van der Waals surface area contributed by atoms with E-state index in [1.54, 1.807) is 24.9 Å². The van der Waals surface area contributed by atoms with Gasteiger partial charge in [0.15, 0.2) is 0 Å². The standard InChI is InChI=1S/C11H11ClN2O/c12-10-6-14-3-1-9(10)11(13)5-8-2-4-15-7-8/h1-4,6-7,11H,5,13H2. The summed E-state index contributed by atoms with van der Waals surface area (Å²) < 4.78 is 4.98. The van der Waals surface area contributed by atoms with Crippen molar-refractivity contribution in [3.8, 4) is 0 Å². The molecule has 0 fully saturated rings. The number of hydrogen-bond acceptors (Lipinski definition) is 3. The molecule has 2 heterocycles. The topological polar surface area (TPSA) is 52.0 Å². The fourth-order valence-corrected chi connectivity index (χ4v) is 1.72. The van der Waals surface area contributed by atoms with Crippen molar-refractivity contribution in [2.45, 2.75) is 12.5 Å². The lowest BCUT2D eigenvalue weighted by Crippen LogP contribution is -2.13. The summed E-state index contributed by atoms with van der Waals surface area (Å²) in [5.41, 5.74) is 8.01. The number of nitrogens with two attached hydrogens (primary N) is 1. The normalized spacial score (nSPS) is 12.7. The Bertz CT molecular complexity index is 428.